The Morgan fingerprint density at radius 1 is 1.33 bits per heavy atom. The number of hydrogen-bond acceptors (Lipinski definition) is 4. The van der Waals surface area contributed by atoms with Crippen molar-refractivity contribution in [3.63, 3.8) is 0 Å². The zero-order valence-corrected chi connectivity index (χ0v) is 12.6. The number of aliphatic carboxylic acids is 1. The van der Waals surface area contributed by atoms with Crippen molar-refractivity contribution in [1.29, 1.82) is 0 Å². The molecule has 2 unspecified atom stereocenters. The Morgan fingerprint density at radius 2 is 2.05 bits per heavy atom. The molecule has 0 saturated carbocycles. The van der Waals surface area contributed by atoms with E-state index >= 15 is 0 Å². The van der Waals surface area contributed by atoms with Crippen LogP contribution in [0.4, 0.5) is 5.82 Å². The molecule has 21 heavy (non-hydrogen) atoms. The quantitative estimate of drug-likeness (QED) is 0.909. The van der Waals surface area contributed by atoms with E-state index in [4.69, 9.17) is 0 Å². The summed E-state index contributed by atoms with van der Waals surface area (Å²) in [5.41, 5.74) is 0.531. The zero-order chi connectivity index (χ0) is 15.6. The lowest BCUT2D eigenvalue weighted by Gasteiger charge is -2.35. The molecule has 1 aromatic heterocycles. The van der Waals surface area contributed by atoms with Crippen molar-refractivity contribution >= 4 is 17.7 Å². The van der Waals surface area contributed by atoms with E-state index in [0.717, 1.165) is 12.4 Å². The zero-order valence-electron chi connectivity index (χ0n) is 12.6. The molecule has 114 valence electrons. The minimum atomic E-state index is -0.758. The van der Waals surface area contributed by atoms with Crippen molar-refractivity contribution in [2.75, 3.05) is 32.1 Å². The fraction of sp³-hybridized carbons (Fsp3) is 0.533. The third-order valence-electron chi connectivity index (χ3n) is 3.73. The summed E-state index contributed by atoms with van der Waals surface area (Å²) in [4.78, 5) is 30.8. The van der Waals surface area contributed by atoms with Crippen LogP contribution in [0.15, 0.2) is 18.3 Å². The minimum Gasteiger partial charge on any atom is -0.481 e. The summed E-state index contributed by atoms with van der Waals surface area (Å²) in [5.74, 6) is -0.179. The van der Waals surface area contributed by atoms with Gasteiger partial charge in [0.15, 0.2) is 0 Å². The summed E-state index contributed by atoms with van der Waals surface area (Å²) in [7, 11) is 3.39. The number of carboxylic acid groups (broad SMARTS) is 1. The number of amides is 1. The molecule has 0 aliphatic carbocycles. The lowest BCUT2D eigenvalue weighted by atomic mass is 9.90. The fourth-order valence-electron chi connectivity index (χ4n) is 2.68. The van der Waals surface area contributed by atoms with Crippen LogP contribution < -0.4 is 4.90 Å². The number of piperidine rings is 1. The predicted molar refractivity (Wildman–Crippen MR) is 79.4 cm³/mol. The Morgan fingerprint density at radius 3 is 2.57 bits per heavy atom. The highest BCUT2D eigenvalue weighted by Gasteiger charge is 2.30. The number of carbonyl (C=O) groups excluding carboxylic acids is 1. The Hall–Kier alpha value is -2.11. The molecule has 6 nitrogen and oxygen atoms in total. The first-order valence-electron chi connectivity index (χ1n) is 7.04. The second-order valence-corrected chi connectivity index (χ2v) is 5.89. The lowest BCUT2D eigenvalue weighted by Crippen LogP contribution is -2.42. The smallest absolute Gasteiger partial charge is 0.308 e. The van der Waals surface area contributed by atoms with E-state index in [1.165, 1.54) is 4.90 Å². The van der Waals surface area contributed by atoms with Crippen LogP contribution in [0.5, 0.6) is 0 Å². The molecule has 0 bridgehead atoms. The second-order valence-electron chi connectivity index (χ2n) is 5.89. The number of rotatable bonds is 3. The van der Waals surface area contributed by atoms with Gasteiger partial charge in [-0.05, 0) is 24.5 Å². The Bertz CT molecular complexity index is 527. The molecule has 6 heteroatoms. The molecule has 0 spiro atoms. The van der Waals surface area contributed by atoms with E-state index < -0.39 is 5.97 Å². The molecule has 1 aliphatic rings. The number of anilines is 1. The van der Waals surface area contributed by atoms with E-state index in [-0.39, 0.29) is 11.8 Å². The van der Waals surface area contributed by atoms with Gasteiger partial charge in [0.1, 0.15) is 5.82 Å². The highest BCUT2D eigenvalue weighted by molar-refractivity contribution is 5.93. The highest BCUT2D eigenvalue weighted by Crippen LogP contribution is 2.25. The molecule has 2 atom stereocenters. The van der Waals surface area contributed by atoms with Gasteiger partial charge in [0.25, 0.3) is 5.91 Å². The molecule has 1 amide bonds. The third-order valence-corrected chi connectivity index (χ3v) is 3.73. The van der Waals surface area contributed by atoms with Gasteiger partial charge in [-0.3, -0.25) is 9.59 Å². The summed E-state index contributed by atoms with van der Waals surface area (Å²) in [6, 6.07) is 3.52. The maximum Gasteiger partial charge on any atom is 0.308 e. The van der Waals surface area contributed by atoms with Gasteiger partial charge < -0.3 is 14.9 Å². The van der Waals surface area contributed by atoms with Gasteiger partial charge in [-0.25, -0.2) is 4.98 Å². The summed E-state index contributed by atoms with van der Waals surface area (Å²) in [5, 5.41) is 9.20. The monoisotopic (exact) mass is 291 g/mol. The Kier molecular flexibility index (Phi) is 4.45. The lowest BCUT2D eigenvalue weighted by molar-refractivity contribution is -0.142. The molecule has 1 saturated heterocycles. The molecule has 1 fully saturated rings. The molecular weight excluding hydrogens is 270 g/mol. The molecule has 1 aromatic rings. The van der Waals surface area contributed by atoms with E-state index in [0.29, 0.717) is 24.4 Å². The number of pyridine rings is 1. The summed E-state index contributed by atoms with van der Waals surface area (Å²) in [6.45, 7) is 3.30. The van der Waals surface area contributed by atoms with Crippen LogP contribution >= 0.6 is 0 Å². The number of hydrogen-bond donors (Lipinski definition) is 1. The van der Waals surface area contributed by atoms with Crippen LogP contribution in [0.3, 0.4) is 0 Å². The minimum absolute atomic E-state index is 0.0931. The van der Waals surface area contributed by atoms with Crippen LogP contribution in [0, 0.1) is 11.8 Å². The molecule has 1 N–H and O–H groups in total. The van der Waals surface area contributed by atoms with Crippen LogP contribution in [0.25, 0.3) is 0 Å². The molecule has 0 aromatic carbocycles. The largest absolute Gasteiger partial charge is 0.481 e. The van der Waals surface area contributed by atoms with E-state index in [2.05, 4.69) is 4.98 Å². The number of nitrogens with zero attached hydrogens (tertiary/aromatic N) is 3. The SMILES string of the molecule is CC1CC(C(=O)O)CN(c2ccc(C(=O)N(C)C)cn2)C1. The molecule has 0 radical (unpaired) electrons. The maximum atomic E-state index is 11.8. The summed E-state index contributed by atoms with van der Waals surface area (Å²) in [6.07, 6.45) is 2.25. The summed E-state index contributed by atoms with van der Waals surface area (Å²) >= 11 is 0. The van der Waals surface area contributed by atoms with Crippen LogP contribution in [-0.2, 0) is 4.79 Å². The van der Waals surface area contributed by atoms with Gasteiger partial charge in [0.05, 0.1) is 11.5 Å². The number of carboxylic acids is 1. The van der Waals surface area contributed by atoms with Gasteiger partial charge in [0.2, 0.25) is 0 Å². The fourth-order valence-corrected chi connectivity index (χ4v) is 2.68. The van der Waals surface area contributed by atoms with Crippen molar-refractivity contribution in [2.24, 2.45) is 11.8 Å². The third kappa shape index (κ3) is 3.51. The molecule has 2 rings (SSSR count). The van der Waals surface area contributed by atoms with Gasteiger partial charge >= 0.3 is 5.97 Å². The van der Waals surface area contributed by atoms with Crippen molar-refractivity contribution in [3.8, 4) is 0 Å². The van der Waals surface area contributed by atoms with E-state index in [9.17, 15) is 14.7 Å². The van der Waals surface area contributed by atoms with E-state index in [1.54, 1.807) is 32.4 Å². The Labute approximate surface area is 124 Å². The van der Waals surface area contributed by atoms with Crippen molar-refractivity contribution < 1.29 is 14.7 Å². The van der Waals surface area contributed by atoms with Gasteiger partial charge in [-0.15, -0.1) is 0 Å². The predicted octanol–water partition coefficient (Wildman–Crippen LogP) is 1.33. The van der Waals surface area contributed by atoms with E-state index in [1.807, 2.05) is 11.8 Å². The van der Waals surface area contributed by atoms with Gasteiger partial charge in [-0.1, -0.05) is 6.92 Å². The highest BCUT2D eigenvalue weighted by atomic mass is 16.4. The average molecular weight is 291 g/mol. The average Bonchev–Trinajstić information content (AvgIpc) is 2.45. The molecule has 1 aliphatic heterocycles. The first-order chi connectivity index (χ1) is 9.88. The normalized spacial score (nSPS) is 22.0. The molecule has 2 heterocycles. The topological polar surface area (TPSA) is 73.7 Å². The van der Waals surface area contributed by atoms with Crippen molar-refractivity contribution in [2.45, 2.75) is 13.3 Å². The standard InChI is InChI=1S/C15H21N3O3/c1-10-6-12(15(20)21)9-18(8-10)13-5-4-11(7-16-13)14(19)17(2)3/h4-5,7,10,12H,6,8-9H2,1-3H3,(H,20,21). The van der Waals surface area contributed by atoms with Crippen LogP contribution in [0.2, 0.25) is 0 Å². The van der Waals surface area contributed by atoms with Crippen LogP contribution in [0.1, 0.15) is 23.7 Å². The van der Waals surface area contributed by atoms with Gasteiger partial charge in [0, 0.05) is 33.4 Å². The number of carbonyl (C=O) groups is 2. The van der Waals surface area contributed by atoms with Gasteiger partial charge in [-0.2, -0.15) is 0 Å². The van der Waals surface area contributed by atoms with Crippen molar-refractivity contribution in [3.05, 3.63) is 23.9 Å². The first kappa shape index (κ1) is 15.3. The second kappa shape index (κ2) is 6.11. The maximum absolute atomic E-state index is 11.8. The molecular formula is C15H21N3O3. The Balaban J connectivity index is 2.14. The number of aromatic nitrogens is 1. The summed E-state index contributed by atoms with van der Waals surface area (Å²) < 4.78 is 0. The van der Waals surface area contributed by atoms with Crippen LogP contribution in [-0.4, -0.2) is 54.1 Å². The van der Waals surface area contributed by atoms with Crippen molar-refractivity contribution in [1.82, 2.24) is 9.88 Å². The first-order valence-corrected chi connectivity index (χ1v) is 7.04.